The Balaban J connectivity index is 1.49. The fourth-order valence-electron chi connectivity index (χ4n) is 4.30. The van der Waals surface area contributed by atoms with E-state index >= 15 is 0 Å². The van der Waals surface area contributed by atoms with Crippen LogP contribution in [0.25, 0.3) is 22.6 Å². The Bertz CT molecular complexity index is 1220. The summed E-state index contributed by atoms with van der Waals surface area (Å²) >= 11 is 0. The second-order valence-electron chi connectivity index (χ2n) is 8.34. The lowest BCUT2D eigenvalue weighted by molar-refractivity contribution is 0.460. The summed E-state index contributed by atoms with van der Waals surface area (Å²) in [6.45, 7) is 10.0. The summed E-state index contributed by atoms with van der Waals surface area (Å²) in [6, 6.07) is 0.259. The van der Waals surface area contributed by atoms with Gasteiger partial charge in [0.05, 0.1) is 5.56 Å². The lowest BCUT2D eigenvalue weighted by atomic mass is 10.1. The van der Waals surface area contributed by atoms with Gasteiger partial charge in [-0.3, -0.25) is 0 Å². The zero-order valence-corrected chi connectivity index (χ0v) is 18.4. The van der Waals surface area contributed by atoms with Gasteiger partial charge < -0.3 is 14.5 Å². The van der Waals surface area contributed by atoms with Crippen LogP contribution < -0.4 is 5.32 Å². The molecule has 31 heavy (non-hydrogen) atoms. The number of nitrogens with zero attached hydrogens (tertiary/aromatic N) is 8. The number of aryl methyl sites for hydroxylation is 3. The van der Waals surface area contributed by atoms with Crippen molar-refractivity contribution in [2.45, 2.75) is 65.6 Å². The highest BCUT2D eigenvalue weighted by Crippen LogP contribution is 2.28. The van der Waals surface area contributed by atoms with E-state index in [1.54, 1.807) is 6.33 Å². The van der Waals surface area contributed by atoms with Crippen molar-refractivity contribution in [3.8, 4) is 11.4 Å². The molecule has 0 bridgehead atoms. The fraction of sp³-hybridized carbons (Fsp3) is 0.455. The van der Waals surface area contributed by atoms with Crippen molar-refractivity contribution in [2.24, 2.45) is 0 Å². The summed E-state index contributed by atoms with van der Waals surface area (Å²) in [6.07, 6.45) is 9.21. The number of nitrogens with one attached hydrogen (secondary N) is 1. The van der Waals surface area contributed by atoms with Crippen LogP contribution in [-0.2, 0) is 19.5 Å². The van der Waals surface area contributed by atoms with Crippen LogP contribution in [0.1, 0.15) is 50.5 Å². The predicted molar refractivity (Wildman–Crippen MR) is 119 cm³/mol. The number of aromatic nitrogens is 8. The molecule has 0 saturated carbocycles. The highest BCUT2D eigenvalue weighted by atomic mass is 15.2. The summed E-state index contributed by atoms with van der Waals surface area (Å²) in [4.78, 5) is 27.3. The average molecular weight is 418 g/mol. The highest BCUT2D eigenvalue weighted by molar-refractivity contribution is 5.86. The predicted octanol–water partition coefficient (Wildman–Crippen LogP) is 3.36. The Morgan fingerprint density at radius 2 is 1.90 bits per heavy atom. The molecule has 0 amide bonds. The van der Waals surface area contributed by atoms with Crippen LogP contribution in [0.4, 0.5) is 5.82 Å². The van der Waals surface area contributed by atoms with E-state index in [0.29, 0.717) is 5.92 Å². The summed E-state index contributed by atoms with van der Waals surface area (Å²) in [5, 5.41) is 3.64. The quantitative estimate of drug-likeness (QED) is 0.531. The Morgan fingerprint density at radius 3 is 2.65 bits per heavy atom. The third kappa shape index (κ3) is 3.43. The monoisotopic (exact) mass is 417 g/mol. The van der Waals surface area contributed by atoms with E-state index in [4.69, 9.17) is 4.98 Å². The lowest BCUT2D eigenvalue weighted by Crippen LogP contribution is -2.32. The van der Waals surface area contributed by atoms with Gasteiger partial charge in [0.25, 0.3) is 0 Å². The molecule has 4 aromatic rings. The Kier molecular flexibility index (Phi) is 4.88. The van der Waals surface area contributed by atoms with Crippen molar-refractivity contribution in [1.82, 2.24) is 39.0 Å². The largest absolute Gasteiger partial charge is 0.364 e. The van der Waals surface area contributed by atoms with Gasteiger partial charge in [0.2, 0.25) is 0 Å². The van der Waals surface area contributed by atoms with Gasteiger partial charge >= 0.3 is 0 Å². The van der Waals surface area contributed by atoms with E-state index in [0.717, 1.165) is 60.1 Å². The molecule has 9 nitrogen and oxygen atoms in total. The van der Waals surface area contributed by atoms with Crippen LogP contribution >= 0.6 is 0 Å². The summed E-state index contributed by atoms with van der Waals surface area (Å²) in [5.74, 6) is 3.94. The minimum absolute atomic E-state index is 0.259. The van der Waals surface area contributed by atoms with Gasteiger partial charge in [-0.2, -0.15) is 0 Å². The standard InChI is InChI=1S/C22H27N9/c1-5-30-21(15-8-23-14(4)24-9-15)29-19-20(26-12-27-22(19)30)28-16-6-7-18-25-10-17(13(2)3)31(18)11-16/h8-10,12-13,16H,5-7,11H2,1-4H3,(H,26,27,28). The normalized spacial score (nSPS) is 16.1. The van der Waals surface area contributed by atoms with Crippen molar-refractivity contribution in [3.05, 3.63) is 42.3 Å². The van der Waals surface area contributed by atoms with Gasteiger partial charge in [-0.25, -0.2) is 29.9 Å². The number of rotatable bonds is 5. The van der Waals surface area contributed by atoms with E-state index in [1.165, 1.54) is 11.5 Å². The van der Waals surface area contributed by atoms with Crippen LogP contribution in [-0.4, -0.2) is 45.1 Å². The van der Waals surface area contributed by atoms with Crippen molar-refractivity contribution in [1.29, 1.82) is 0 Å². The van der Waals surface area contributed by atoms with Crippen LogP contribution in [0.2, 0.25) is 0 Å². The SMILES string of the molecule is CCn1c(-c2cnc(C)nc2)nc2c(NC3CCc4ncc(C(C)C)n4C3)ncnc21. The average Bonchev–Trinajstić information content (AvgIpc) is 3.36. The second kappa shape index (κ2) is 7.72. The smallest absolute Gasteiger partial charge is 0.165 e. The first-order chi connectivity index (χ1) is 15.0. The van der Waals surface area contributed by atoms with Crippen LogP contribution in [0.3, 0.4) is 0 Å². The van der Waals surface area contributed by atoms with E-state index < -0.39 is 0 Å². The molecule has 0 radical (unpaired) electrons. The third-order valence-corrected chi connectivity index (χ3v) is 5.91. The second-order valence-corrected chi connectivity index (χ2v) is 8.34. The van der Waals surface area contributed by atoms with Gasteiger partial charge in [-0.1, -0.05) is 13.8 Å². The number of hydrogen-bond donors (Lipinski definition) is 1. The molecule has 4 aromatic heterocycles. The Hall–Kier alpha value is -3.36. The van der Waals surface area contributed by atoms with Crippen LogP contribution in [0, 0.1) is 6.92 Å². The molecule has 0 spiro atoms. The van der Waals surface area contributed by atoms with Crippen LogP contribution in [0.15, 0.2) is 24.9 Å². The topological polar surface area (TPSA) is 99.2 Å². The molecule has 160 valence electrons. The van der Waals surface area contributed by atoms with Gasteiger partial charge in [0, 0.05) is 49.8 Å². The minimum Gasteiger partial charge on any atom is -0.364 e. The van der Waals surface area contributed by atoms with E-state index in [1.807, 2.05) is 25.5 Å². The Morgan fingerprint density at radius 1 is 1.10 bits per heavy atom. The van der Waals surface area contributed by atoms with Crippen molar-refractivity contribution < 1.29 is 0 Å². The molecule has 1 unspecified atom stereocenters. The molecular weight excluding hydrogens is 390 g/mol. The third-order valence-electron chi connectivity index (χ3n) is 5.91. The molecule has 1 aliphatic rings. The van der Waals surface area contributed by atoms with Gasteiger partial charge in [0.15, 0.2) is 17.0 Å². The Labute approximate surface area is 181 Å². The highest BCUT2D eigenvalue weighted by Gasteiger charge is 2.24. The molecule has 5 rings (SSSR count). The number of hydrogen-bond acceptors (Lipinski definition) is 7. The van der Waals surface area contributed by atoms with E-state index in [2.05, 4.69) is 60.1 Å². The molecule has 0 aromatic carbocycles. The van der Waals surface area contributed by atoms with Gasteiger partial charge in [-0.05, 0) is 26.2 Å². The molecule has 1 aliphatic heterocycles. The number of imidazole rings is 2. The molecule has 0 saturated heterocycles. The molecule has 1 atom stereocenters. The van der Waals surface area contributed by atoms with Gasteiger partial charge in [0.1, 0.15) is 23.8 Å². The van der Waals surface area contributed by atoms with Crippen molar-refractivity contribution in [3.63, 3.8) is 0 Å². The molecule has 0 fully saturated rings. The lowest BCUT2D eigenvalue weighted by Gasteiger charge is -2.27. The summed E-state index contributed by atoms with van der Waals surface area (Å²) < 4.78 is 4.44. The zero-order chi connectivity index (χ0) is 21.5. The first-order valence-corrected chi connectivity index (χ1v) is 10.9. The van der Waals surface area contributed by atoms with Crippen LogP contribution in [0.5, 0.6) is 0 Å². The van der Waals surface area contributed by atoms with Gasteiger partial charge in [-0.15, -0.1) is 0 Å². The minimum atomic E-state index is 0.259. The van der Waals surface area contributed by atoms with E-state index in [9.17, 15) is 0 Å². The number of fused-ring (bicyclic) bond motifs is 2. The van der Waals surface area contributed by atoms with Crippen molar-refractivity contribution >= 4 is 17.0 Å². The first kappa shape index (κ1) is 19.6. The zero-order valence-electron chi connectivity index (χ0n) is 18.4. The van der Waals surface area contributed by atoms with Crippen molar-refractivity contribution in [2.75, 3.05) is 5.32 Å². The maximum absolute atomic E-state index is 4.91. The maximum Gasteiger partial charge on any atom is 0.165 e. The maximum atomic E-state index is 4.91. The number of anilines is 1. The molecule has 0 aliphatic carbocycles. The summed E-state index contributed by atoms with van der Waals surface area (Å²) in [5.41, 5.74) is 3.75. The molecule has 9 heteroatoms. The fourth-order valence-corrected chi connectivity index (χ4v) is 4.30. The molecule has 1 N–H and O–H groups in total. The molecule has 5 heterocycles. The molecular formula is C22H27N9. The van der Waals surface area contributed by atoms with E-state index in [-0.39, 0.29) is 6.04 Å². The summed E-state index contributed by atoms with van der Waals surface area (Å²) in [7, 11) is 0. The first-order valence-electron chi connectivity index (χ1n) is 10.9.